The van der Waals surface area contributed by atoms with Crippen LogP contribution in [-0.2, 0) is 0 Å². The SMILES string of the molecule is C#Cc1cccc(N(C)C(=O)c2c(C)nn(-c3ccccc3)c2C)c1. The average molecular weight is 329 g/mol. The van der Waals surface area contributed by atoms with E-state index in [1.54, 1.807) is 16.6 Å². The number of carbonyl (C=O) groups is 1. The summed E-state index contributed by atoms with van der Waals surface area (Å²) in [6, 6.07) is 17.2. The molecule has 0 bridgehead atoms. The van der Waals surface area contributed by atoms with Crippen LogP contribution in [-0.4, -0.2) is 22.7 Å². The van der Waals surface area contributed by atoms with Gasteiger partial charge in [0.25, 0.3) is 5.91 Å². The third-order valence-electron chi connectivity index (χ3n) is 4.21. The van der Waals surface area contributed by atoms with Crippen molar-refractivity contribution >= 4 is 11.6 Å². The Morgan fingerprint density at radius 1 is 1.12 bits per heavy atom. The highest BCUT2D eigenvalue weighted by molar-refractivity contribution is 6.07. The number of nitrogens with zero attached hydrogens (tertiary/aromatic N) is 3. The van der Waals surface area contributed by atoms with Crippen LogP contribution in [0.3, 0.4) is 0 Å². The topological polar surface area (TPSA) is 38.1 Å². The van der Waals surface area contributed by atoms with Crippen molar-refractivity contribution in [2.75, 3.05) is 11.9 Å². The van der Waals surface area contributed by atoms with E-state index in [2.05, 4.69) is 11.0 Å². The molecule has 124 valence electrons. The second-order valence-corrected chi connectivity index (χ2v) is 5.85. The maximum absolute atomic E-state index is 13.1. The number of rotatable bonds is 3. The highest BCUT2D eigenvalue weighted by Gasteiger charge is 2.23. The molecule has 1 amide bonds. The van der Waals surface area contributed by atoms with Crippen LogP contribution in [0.1, 0.15) is 27.3 Å². The van der Waals surface area contributed by atoms with Crippen LogP contribution in [0.4, 0.5) is 5.69 Å². The molecule has 4 heteroatoms. The number of benzene rings is 2. The largest absolute Gasteiger partial charge is 0.311 e. The summed E-state index contributed by atoms with van der Waals surface area (Å²) in [5.74, 6) is 2.49. The van der Waals surface area contributed by atoms with E-state index in [1.807, 2.05) is 68.4 Å². The van der Waals surface area contributed by atoms with Crippen LogP contribution in [0.25, 0.3) is 5.69 Å². The van der Waals surface area contributed by atoms with E-state index in [-0.39, 0.29) is 5.91 Å². The van der Waals surface area contributed by atoms with Gasteiger partial charge < -0.3 is 4.90 Å². The van der Waals surface area contributed by atoms with Gasteiger partial charge in [-0.15, -0.1) is 6.42 Å². The minimum atomic E-state index is -0.105. The standard InChI is InChI=1S/C21H19N3O/c1-5-17-10-9-13-19(14-17)23(4)21(25)20-15(2)22-24(16(20)3)18-11-7-6-8-12-18/h1,6-14H,2-4H3. The minimum Gasteiger partial charge on any atom is -0.311 e. The molecular weight excluding hydrogens is 310 g/mol. The van der Waals surface area contributed by atoms with Crippen LogP contribution in [0, 0.1) is 26.2 Å². The number of terminal acetylenes is 1. The van der Waals surface area contributed by atoms with E-state index in [1.165, 1.54) is 0 Å². The van der Waals surface area contributed by atoms with Crippen molar-refractivity contribution in [2.45, 2.75) is 13.8 Å². The molecule has 0 aliphatic heterocycles. The third kappa shape index (κ3) is 3.05. The molecule has 25 heavy (non-hydrogen) atoms. The zero-order valence-corrected chi connectivity index (χ0v) is 14.5. The first-order valence-electron chi connectivity index (χ1n) is 7.99. The Labute approximate surface area is 147 Å². The number of hydrogen-bond acceptors (Lipinski definition) is 2. The molecule has 0 atom stereocenters. The van der Waals surface area contributed by atoms with Crippen molar-refractivity contribution in [1.29, 1.82) is 0 Å². The molecule has 2 aromatic carbocycles. The lowest BCUT2D eigenvalue weighted by atomic mass is 10.1. The summed E-state index contributed by atoms with van der Waals surface area (Å²) in [6.45, 7) is 3.76. The molecule has 0 aliphatic carbocycles. The number of carbonyl (C=O) groups excluding carboxylic acids is 1. The molecule has 3 aromatic rings. The van der Waals surface area contributed by atoms with Crippen molar-refractivity contribution in [3.63, 3.8) is 0 Å². The molecule has 0 saturated heterocycles. The summed E-state index contributed by atoms with van der Waals surface area (Å²) in [7, 11) is 1.75. The van der Waals surface area contributed by atoms with E-state index in [0.717, 1.165) is 22.6 Å². The van der Waals surface area contributed by atoms with Crippen LogP contribution in [0.2, 0.25) is 0 Å². The Kier molecular flexibility index (Phi) is 4.40. The van der Waals surface area contributed by atoms with Crippen molar-refractivity contribution in [2.24, 2.45) is 0 Å². The number of aromatic nitrogens is 2. The molecule has 1 heterocycles. The van der Waals surface area contributed by atoms with Gasteiger partial charge in [0.15, 0.2) is 0 Å². The smallest absolute Gasteiger partial charge is 0.261 e. The summed E-state index contributed by atoms with van der Waals surface area (Å²) >= 11 is 0. The molecule has 0 spiro atoms. The summed E-state index contributed by atoms with van der Waals surface area (Å²) < 4.78 is 1.80. The Morgan fingerprint density at radius 3 is 2.52 bits per heavy atom. The molecule has 0 radical (unpaired) electrons. The van der Waals surface area contributed by atoms with Gasteiger partial charge in [-0.1, -0.05) is 30.2 Å². The summed E-state index contributed by atoms with van der Waals surface area (Å²) in [4.78, 5) is 14.7. The lowest BCUT2D eigenvalue weighted by molar-refractivity contribution is 0.0992. The third-order valence-corrected chi connectivity index (χ3v) is 4.21. The minimum absolute atomic E-state index is 0.105. The van der Waals surface area contributed by atoms with Crippen molar-refractivity contribution in [3.05, 3.63) is 77.1 Å². The fourth-order valence-corrected chi connectivity index (χ4v) is 2.86. The first kappa shape index (κ1) is 16.5. The quantitative estimate of drug-likeness (QED) is 0.687. The Hall–Kier alpha value is -3.32. The molecule has 0 saturated carbocycles. The predicted octanol–water partition coefficient (Wildman–Crippen LogP) is 3.75. The van der Waals surface area contributed by atoms with E-state index in [9.17, 15) is 4.79 Å². The van der Waals surface area contributed by atoms with Gasteiger partial charge in [-0.2, -0.15) is 5.10 Å². The molecule has 1 aromatic heterocycles. The number of aryl methyl sites for hydroxylation is 1. The van der Waals surface area contributed by atoms with Gasteiger partial charge in [0, 0.05) is 18.3 Å². The monoisotopic (exact) mass is 329 g/mol. The van der Waals surface area contributed by atoms with Crippen molar-refractivity contribution < 1.29 is 4.79 Å². The maximum Gasteiger partial charge on any atom is 0.261 e. The van der Waals surface area contributed by atoms with Crippen LogP contribution in [0.5, 0.6) is 0 Å². The molecule has 4 nitrogen and oxygen atoms in total. The number of amides is 1. The van der Waals surface area contributed by atoms with Crippen LogP contribution < -0.4 is 4.90 Å². The van der Waals surface area contributed by atoms with Gasteiger partial charge in [-0.05, 0) is 44.2 Å². The zero-order valence-electron chi connectivity index (χ0n) is 14.5. The van der Waals surface area contributed by atoms with Crippen LogP contribution in [0.15, 0.2) is 54.6 Å². The number of para-hydroxylation sites is 1. The molecule has 0 N–H and O–H groups in total. The van der Waals surface area contributed by atoms with Crippen LogP contribution >= 0.6 is 0 Å². The van der Waals surface area contributed by atoms with Gasteiger partial charge in [-0.25, -0.2) is 4.68 Å². The Bertz CT molecular complexity index is 965. The van der Waals surface area contributed by atoms with Gasteiger partial charge in [-0.3, -0.25) is 4.79 Å². The normalized spacial score (nSPS) is 10.3. The van der Waals surface area contributed by atoms with Gasteiger partial charge in [0.2, 0.25) is 0 Å². The van der Waals surface area contributed by atoms with Crippen molar-refractivity contribution in [1.82, 2.24) is 9.78 Å². The second kappa shape index (κ2) is 6.66. The summed E-state index contributed by atoms with van der Waals surface area (Å²) in [6.07, 6.45) is 5.46. The summed E-state index contributed by atoms with van der Waals surface area (Å²) in [5, 5.41) is 4.55. The highest BCUT2D eigenvalue weighted by Crippen LogP contribution is 2.22. The zero-order chi connectivity index (χ0) is 18.0. The lowest BCUT2D eigenvalue weighted by Gasteiger charge is -2.18. The molecule has 0 aliphatic rings. The van der Waals surface area contributed by atoms with Gasteiger partial charge in [0.1, 0.15) is 0 Å². The van der Waals surface area contributed by atoms with E-state index in [0.29, 0.717) is 11.3 Å². The van der Waals surface area contributed by atoms with Crippen molar-refractivity contribution in [3.8, 4) is 18.0 Å². The fraction of sp³-hybridized carbons (Fsp3) is 0.143. The first-order chi connectivity index (χ1) is 12.0. The number of hydrogen-bond donors (Lipinski definition) is 0. The second-order valence-electron chi connectivity index (χ2n) is 5.85. The molecular formula is C21H19N3O. The van der Waals surface area contributed by atoms with E-state index < -0.39 is 0 Å². The lowest BCUT2D eigenvalue weighted by Crippen LogP contribution is -2.27. The molecule has 0 unspecified atom stereocenters. The molecule has 0 fully saturated rings. The summed E-state index contributed by atoms with van der Waals surface area (Å²) in [5.41, 5.74) is 4.55. The Morgan fingerprint density at radius 2 is 1.84 bits per heavy atom. The predicted molar refractivity (Wildman–Crippen MR) is 100 cm³/mol. The number of anilines is 1. The fourth-order valence-electron chi connectivity index (χ4n) is 2.86. The van der Waals surface area contributed by atoms with Gasteiger partial charge >= 0.3 is 0 Å². The van der Waals surface area contributed by atoms with Gasteiger partial charge in [0.05, 0.1) is 22.6 Å². The highest BCUT2D eigenvalue weighted by atomic mass is 16.2. The first-order valence-corrected chi connectivity index (χ1v) is 7.99. The Balaban J connectivity index is 2.00. The molecule has 3 rings (SSSR count). The maximum atomic E-state index is 13.1. The van der Waals surface area contributed by atoms with E-state index >= 15 is 0 Å². The van der Waals surface area contributed by atoms with E-state index in [4.69, 9.17) is 6.42 Å². The average Bonchev–Trinajstić information content (AvgIpc) is 2.95.